The van der Waals surface area contributed by atoms with E-state index in [0.717, 1.165) is 58.5 Å². The van der Waals surface area contributed by atoms with Crippen LogP contribution in [-0.2, 0) is 0 Å². The van der Waals surface area contributed by atoms with Gasteiger partial charge < -0.3 is 20.8 Å². The van der Waals surface area contributed by atoms with Gasteiger partial charge >= 0.3 is 0 Å². The summed E-state index contributed by atoms with van der Waals surface area (Å²) < 4.78 is 0. The number of rotatable bonds is 16. The zero-order chi connectivity index (χ0) is 18.9. The van der Waals surface area contributed by atoms with Gasteiger partial charge in [0.25, 0.3) is 0 Å². The van der Waals surface area contributed by atoms with Crippen molar-refractivity contribution >= 4 is 0 Å². The van der Waals surface area contributed by atoms with E-state index in [-0.39, 0.29) is 6.61 Å². The molecule has 0 radical (unpaired) electrons. The average molecular weight is 372 g/mol. The molecule has 4 N–H and O–H groups in total. The summed E-state index contributed by atoms with van der Waals surface area (Å²) >= 11 is 0. The van der Waals surface area contributed by atoms with Crippen molar-refractivity contribution in [1.29, 1.82) is 0 Å². The molecule has 0 aromatic rings. The van der Waals surface area contributed by atoms with E-state index in [0.29, 0.717) is 12.6 Å². The van der Waals surface area contributed by atoms with Crippen LogP contribution >= 0.6 is 0 Å². The predicted octanol–water partition coefficient (Wildman–Crippen LogP) is 2.60. The first kappa shape index (κ1) is 23.8. The minimum Gasteiger partial charge on any atom is -0.396 e. The van der Waals surface area contributed by atoms with Gasteiger partial charge in [0.05, 0.1) is 6.61 Å². The molecule has 1 saturated carbocycles. The lowest BCUT2D eigenvalue weighted by atomic mass is 10.1. The quantitative estimate of drug-likeness (QED) is 0.287. The standard InChI is InChI=1S/C21H45N3O2/c22-13-7-3-8-14-23(15-9-4-10-19-25)16-17-24(18-20-26)21-11-5-1-2-6-12-21/h21,25-26H,1-20,22H2. The maximum absolute atomic E-state index is 9.51. The molecule has 5 nitrogen and oxygen atoms in total. The molecule has 0 atom stereocenters. The second-order valence-corrected chi connectivity index (χ2v) is 7.88. The Morgan fingerprint density at radius 1 is 0.654 bits per heavy atom. The molecule has 0 saturated heterocycles. The van der Waals surface area contributed by atoms with E-state index >= 15 is 0 Å². The fourth-order valence-corrected chi connectivity index (χ4v) is 4.11. The van der Waals surface area contributed by atoms with Crippen LogP contribution in [0.3, 0.4) is 0 Å². The molecular weight excluding hydrogens is 326 g/mol. The van der Waals surface area contributed by atoms with Crippen LogP contribution in [0.2, 0.25) is 0 Å². The Bertz CT molecular complexity index is 285. The number of unbranched alkanes of at least 4 members (excludes halogenated alkanes) is 4. The summed E-state index contributed by atoms with van der Waals surface area (Å²) in [7, 11) is 0. The highest BCUT2D eigenvalue weighted by atomic mass is 16.3. The van der Waals surface area contributed by atoms with Gasteiger partial charge in [0, 0.05) is 32.3 Å². The Morgan fingerprint density at radius 2 is 1.31 bits per heavy atom. The molecule has 1 aliphatic rings. The molecule has 0 amide bonds. The van der Waals surface area contributed by atoms with Crippen molar-refractivity contribution in [2.75, 3.05) is 52.5 Å². The second kappa shape index (κ2) is 16.9. The Hall–Kier alpha value is -0.200. The molecular formula is C21H45N3O2. The first-order chi connectivity index (χ1) is 12.8. The molecule has 0 bridgehead atoms. The Labute approximate surface area is 161 Å². The highest BCUT2D eigenvalue weighted by molar-refractivity contribution is 4.76. The smallest absolute Gasteiger partial charge is 0.0558 e. The summed E-state index contributed by atoms with van der Waals surface area (Å²) in [5.41, 5.74) is 5.62. The van der Waals surface area contributed by atoms with Crippen LogP contribution in [0.5, 0.6) is 0 Å². The number of aliphatic hydroxyl groups is 2. The highest BCUT2D eigenvalue weighted by Crippen LogP contribution is 2.21. The molecule has 0 unspecified atom stereocenters. The third kappa shape index (κ3) is 11.5. The van der Waals surface area contributed by atoms with Crippen molar-refractivity contribution in [1.82, 2.24) is 9.80 Å². The number of hydrogen-bond acceptors (Lipinski definition) is 5. The summed E-state index contributed by atoms with van der Waals surface area (Å²) in [6.45, 7) is 6.63. The van der Waals surface area contributed by atoms with E-state index in [1.165, 1.54) is 57.8 Å². The van der Waals surface area contributed by atoms with Gasteiger partial charge in [-0.1, -0.05) is 32.1 Å². The van der Waals surface area contributed by atoms with Crippen molar-refractivity contribution in [3.63, 3.8) is 0 Å². The fraction of sp³-hybridized carbons (Fsp3) is 1.00. The summed E-state index contributed by atoms with van der Waals surface area (Å²) in [6.07, 6.45) is 14.8. The molecule has 5 heteroatoms. The topological polar surface area (TPSA) is 73.0 Å². The van der Waals surface area contributed by atoms with Crippen molar-refractivity contribution in [2.24, 2.45) is 5.73 Å². The van der Waals surface area contributed by atoms with E-state index in [1.54, 1.807) is 0 Å². The first-order valence-electron chi connectivity index (χ1n) is 11.2. The van der Waals surface area contributed by atoms with Crippen LogP contribution in [0.15, 0.2) is 0 Å². The number of nitrogens with two attached hydrogens (primary N) is 1. The van der Waals surface area contributed by atoms with E-state index < -0.39 is 0 Å². The fourth-order valence-electron chi connectivity index (χ4n) is 4.11. The second-order valence-electron chi connectivity index (χ2n) is 7.88. The normalized spacial score (nSPS) is 16.5. The Balaban J connectivity index is 2.43. The lowest BCUT2D eigenvalue weighted by Gasteiger charge is -2.33. The van der Waals surface area contributed by atoms with E-state index in [1.807, 2.05) is 0 Å². The van der Waals surface area contributed by atoms with Crippen molar-refractivity contribution < 1.29 is 10.2 Å². The molecule has 1 fully saturated rings. The number of aliphatic hydroxyl groups excluding tert-OH is 2. The lowest BCUT2D eigenvalue weighted by molar-refractivity contribution is 0.119. The Morgan fingerprint density at radius 3 is 1.88 bits per heavy atom. The molecule has 1 rings (SSSR count). The van der Waals surface area contributed by atoms with Gasteiger partial charge in [-0.15, -0.1) is 0 Å². The third-order valence-electron chi connectivity index (χ3n) is 5.74. The van der Waals surface area contributed by atoms with Gasteiger partial charge in [0.1, 0.15) is 0 Å². The van der Waals surface area contributed by atoms with Gasteiger partial charge in [-0.05, 0) is 64.6 Å². The van der Waals surface area contributed by atoms with Gasteiger partial charge in [-0.25, -0.2) is 0 Å². The summed E-state index contributed by atoms with van der Waals surface area (Å²) in [6, 6.07) is 0.665. The number of hydrogen-bond donors (Lipinski definition) is 3. The van der Waals surface area contributed by atoms with Gasteiger partial charge in [0.15, 0.2) is 0 Å². The maximum atomic E-state index is 9.51. The first-order valence-corrected chi connectivity index (χ1v) is 11.2. The summed E-state index contributed by atoms with van der Waals surface area (Å²) in [5, 5.41) is 18.5. The minimum atomic E-state index is 0.267. The molecule has 0 aromatic heterocycles. The van der Waals surface area contributed by atoms with Crippen molar-refractivity contribution in [3.05, 3.63) is 0 Å². The third-order valence-corrected chi connectivity index (χ3v) is 5.74. The SMILES string of the molecule is NCCCCCN(CCCCCO)CCN(CCO)C1CCCCCC1. The lowest BCUT2D eigenvalue weighted by Crippen LogP contribution is -2.43. The summed E-state index contributed by atoms with van der Waals surface area (Å²) in [4.78, 5) is 5.14. The Kier molecular flexibility index (Phi) is 15.5. The zero-order valence-electron chi connectivity index (χ0n) is 17.1. The van der Waals surface area contributed by atoms with Crippen molar-refractivity contribution in [2.45, 2.75) is 83.1 Å². The molecule has 0 spiro atoms. The highest BCUT2D eigenvalue weighted by Gasteiger charge is 2.20. The van der Waals surface area contributed by atoms with Gasteiger partial charge in [-0.2, -0.15) is 0 Å². The zero-order valence-corrected chi connectivity index (χ0v) is 17.1. The van der Waals surface area contributed by atoms with Crippen LogP contribution in [0.25, 0.3) is 0 Å². The molecule has 0 aromatic carbocycles. The molecule has 26 heavy (non-hydrogen) atoms. The van der Waals surface area contributed by atoms with E-state index in [4.69, 9.17) is 10.8 Å². The average Bonchev–Trinajstić information content (AvgIpc) is 2.94. The van der Waals surface area contributed by atoms with Gasteiger partial charge in [0.2, 0.25) is 0 Å². The van der Waals surface area contributed by atoms with Crippen LogP contribution < -0.4 is 5.73 Å². The van der Waals surface area contributed by atoms with Crippen LogP contribution in [0.1, 0.15) is 77.0 Å². The van der Waals surface area contributed by atoms with Crippen LogP contribution in [0, 0.1) is 0 Å². The van der Waals surface area contributed by atoms with Crippen molar-refractivity contribution in [3.8, 4) is 0 Å². The molecule has 156 valence electrons. The number of nitrogens with zero attached hydrogens (tertiary/aromatic N) is 2. The monoisotopic (exact) mass is 371 g/mol. The van der Waals surface area contributed by atoms with Crippen LogP contribution in [0.4, 0.5) is 0 Å². The summed E-state index contributed by atoms with van der Waals surface area (Å²) in [5.74, 6) is 0. The maximum Gasteiger partial charge on any atom is 0.0558 e. The van der Waals surface area contributed by atoms with Gasteiger partial charge in [-0.3, -0.25) is 4.90 Å². The predicted molar refractivity (Wildman–Crippen MR) is 110 cm³/mol. The van der Waals surface area contributed by atoms with Crippen LogP contribution in [-0.4, -0.2) is 78.5 Å². The molecule has 0 aliphatic heterocycles. The largest absolute Gasteiger partial charge is 0.396 e. The van der Waals surface area contributed by atoms with E-state index in [2.05, 4.69) is 9.80 Å². The minimum absolute atomic E-state index is 0.267. The van der Waals surface area contributed by atoms with E-state index in [9.17, 15) is 5.11 Å². The molecule has 0 heterocycles. The molecule has 1 aliphatic carbocycles.